The van der Waals surface area contributed by atoms with Crippen LogP contribution in [0.25, 0.3) is 0 Å². The Balaban J connectivity index is 1.77. The zero-order valence-corrected chi connectivity index (χ0v) is 11.4. The first-order valence-corrected chi connectivity index (χ1v) is 6.92. The molecule has 0 aliphatic heterocycles. The van der Waals surface area contributed by atoms with Gasteiger partial charge < -0.3 is 15.8 Å². The lowest BCUT2D eigenvalue weighted by Crippen LogP contribution is -2.40. The van der Waals surface area contributed by atoms with E-state index in [0.29, 0.717) is 23.4 Å². The molecule has 1 aliphatic carbocycles. The zero-order chi connectivity index (χ0) is 13.7. The molecule has 0 bridgehead atoms. The summed E-state index contributed by atoms with van der Waals surface area (Å²) in [6, 6.07) is 7.51. The minimum absolute atomic E-state index is 0.0269. The number of carbonyl (C=O) groups is 1. The van der Waals surface area contributed by atoms with E-state index in [2.05, 4.69) is 12.2 Å². The average molecular weight is 262 g/mol. The SMILES string of the molecule is CC1CCCC(NC(=O)COc2ccccc2N)C1. The molecule has 1 aromatic carbocycles. The molecule has 0 aromatic heterocycles. The standard InChI is InChI=1S/C15H22N2O2/c1-11-5-4-6-12(9-11)17-15(18)10-19-14-8-3-2-7-13(14)16/h2-3,7-8,11-12H,4-6,9-10,16H2,1H3,(H,17,18). The summed E-state index contributed by atoms with van der Waals surface area (Å²) in [5.74, 6) is 1.20. The van der Waals surface area contributed by atoms with Crippen molar-refractivity contribution in [2.45, 2.75) is 38.6 Å². The van der Waals surface area contributed by atoms with Crippen molar-refractivity contribution in [2.24, 2.45) is 5.92 Å². The van der Waals surface area contributed by atoms with Gasteiger partial charge >= 0.3 is 0 Å². The van der Waals surface area contributed by atoms with Gasteiger partial charge in [0.15, 0.2) is 6.61 Å². The molecule has 4 nitrogen and oxygen atoms in total. The largest absolute Gasteiger partial charge is 0.482 e. The summed E-state index contributed by atoms with van der Waals surface area (Å²) < 4.78 is 5.43. The van der Waals surface area contributed by atoms with Gasteiger partial charge in [-0.25, -0.2) is 0 Å². The third kappa shape index (κ3) is 4.16. The Hall–Kier alpha value is -1.71. The van der Waals surface area contributed by atoms with Crippen LogP contribution in [-0.2, 0) is 4.79 Å². The Morgan fingerprint density at radius 2 is 2.21 bits per heavy atom. The summed E-state index contributed by atoms with van der Waals surface area (Å²) in [7, 11) is 0. The highest BCUT2D eigenvalue weighted by atomic mass is 16.5. The van der Waals surface area contributed by atoms with E-state index in [9.17, 15) is 4.79 Å². The number of nitrogens with two attached hydrogens (primary N) is 1. The van der Waals surface area contributed by atoms with Crippen molar-refractivity contribution in [2.75, 3.05) is 12.3 Å². The Bertz CT molecular complexity index is 434. The molecule has 4 heteroatoms. The number of hydrogen-bond donors (Lipinski definition) is 2. The molecule has 1 fully saturated rings. The summed E-state index contributed by atoms with van der Waals surface area (Å²) in [5, 5.41) is 3.03. The highest BCUT2D eigenvalue weighted by Crippen LogP contribution is 2.23. The first-order valence-electron chi connectivity index (χ1n) is 6.92. The highest BCUT2D eigenvalue weighted by Gasteiger charge is 2.20. The Morgan fingerprint density at radius 3 is 2.95 bits per heavy atom. The number of amides is 1. The van der Waals surface area contributed by atoms with Crippen LogP contribution in [0.1, 0.15) is 32.6 Å². The van der Waals surface area contributed by atoms with E-state index in [4.69, 9.17) is 10.5 Å². The van der Waals surface area contributed by atoms with Gasteiger partial charge in [-0.05, 0) is 30.9 Å². The smallest absolute Gasteiger partial charge is 0.258 e. The van der Waals surface area contributed by atoms with Crippen molar-refractivity contribution in [3.8, 4) is 5.75 Å². The van der Waals surface area contributed by atoms with Crippen LogP contribution in [0.2, 0.25) is 0 Å². The van der Waals surface area contributed by atoms with Gasteiger partial charge in [0.2, 0.25) is 0 Å². The molecular formula is C15H22N2O2. The van der Waals surface area contributed by atoms with Crippen LogP contribution in [0.15, 0.2) is 24.3 Å². The van der Waals surface area contributed by atoms with Crippen LogP contribution in [0, 0.1) is 5.92 Å². The predicted octanol–water partition coefficient (Wildman–Crippen LogP) is 2.34. The Kier molecular flexibility index (Phi) is 4.66. The maximum Gasteiger partial charge on any atom is 0.258 e. The van der Waals surface area contributed by atoms with E-state index in [1.54, 1.807) is 12.1 Å². The number of nitrogens with one attached hydrogen (secondary N) is 1. The molecule has 19 heavy (non-hydrogen) atoms. The Labute approximate surface area is 114 Å². The van der Waals surface area contributed by atoms with Gasteiger partial charge in [0.1, 0.15) is 5.75 Å². The van der Waals surface area contributed by atoms with Crippen LogP contribution < -0.4 is 15.8 Å². The van der Waals surface area contributed by atoms with E-state index in [1.165, 1.54) is 12.8 Å². The van der Waals surface area contributed by atoms with Gasteiger partial charge in [-0.15, -0.1) is 0 Å². The lowest BCUT2D eigenvalue weighted by molar-refractivity contribution is -0.124. The number of anilines is 1. The van der Waals surface area contributed by atoms with Gasteiger partial charge in [0, 0.05) is 6.04 Å². The fourth-order valence-electron chi connectivity index (χ4n) is 2.59. The monoisotopic (exact) mass is 262 g/mol. The van der Waals surface area contributed by atoms with Crippen LogP contribution in [0.5, 0.6) is 5.75 Å². The average Bonchev–Trinajstić information content (AvgIpc) is 2.38. The van der Waals surface area contributed by atoms with Gasteiger partial charge in [0.25, 0.3) is 5.91 Å². The van der Waals surface area contributed by atoms with E-state index in [0.717, 1.165) is 12.8 Å². The van der Waals surface area contributed by atoms with Crippen molar-refractivity contribution in [1.29, 1.82) is 0 Å². The van der Waals surface area contributed by atoms with E-state index < -0.39 is 0 Å². The molecular weight excluding hydrogens is 240 g/mol. The maximum atomic E-state index is 11.8. The van der Waals surface area contributed by atoms with Crippen molar-refractivity contribution < 1.29 is 9.53 Å². The second-order valence-electron chi connectivity index (χ2n) is 5.36. The normalized spacial score (nSPS) is 22.8. The number of benzene rings is 1. The fourth-order valence-corrected chi connectivity index (χ4v) is 2.59. The number of ether oxygens (including phenoxy) is 1. The highest BCUT2D eigenvalue weighted by molar-refractivity contribution is 5.78. The van der Waals surface area contributed by atoms with E-state index >= 15 is 0 Å². The number of carbonyl (C=O) groups excluding carboxylic acids is 1. The summed E-state index contributed by atoms with van der Waals surface area (Å²) in [6.07, 6.45) is 4.60. The molecule has 0 heterocycles. The van der Waals surface area contributed by atoms with Gasteiger partial charge in [0.05, 0.1) is 5.69 Å². The first-order chi connectivity index (χ1) is 9.15. The fraction of sp³-hybridized carbons (Fsp3) is 0.533. The van der Waals surface area contributed by atoms with Gasteiger partial charge in [-0.2, -0.15) is 0 Å². The molecule has 0 spiro atoms. The second kappa shape index (κ2) is 6.45. The Morgan fingerprint density at radius 1 is 1.42 bits per heavy atom. The molecule has 1 aromatic rings. The van der Waals surface area contributed by atoms with E-state index in [1.807, 2.05) is 12.1 Å². The molecule has 2 unspecified atom stereocenters. The topological polar surface area (TPSA) is 64.3 Å². The van der Waals surface area contributed by atoms with Crippen LogP contribution >= 0.6 is 0 Å². The predicted molar refractivity (Wildman–Crippen MR) is 75.9 cm³/mol. The summed E-state index contributed by atoms with van der Waals surface area (Å²) >= 11 is 0. The molecule has 104 valence electrons. The number of rotatable bonds is 4. The molecule has 0 saturated heterocycles. The number of hydrogen-bond acceptors (Lipinski definition) is 3. The third-order valence-electron chi connectivity index (χ3n) is 3.58. The minimum Gasteiger partial charge on any atom is -0.482 e. The van der Waals surface area contributed by atoms with Crippen molar-refractivity contribution in [3.05, 3.63) is 24.3 Å². The molecule has 1 amide bonds. The number of para-hydroxylation sites is 2. The number of nitrogen functional groups attached to an aromatic ring is 1. The molecule has 2 rings (SSSR count). The third-order valence-corrected chi connectivity index (χ3v) is 3.58. The minimum atomic E-state index is -0.0673. The molecule has 1 saturated carbocycles. The molecule has 2 atom stereocenters. The molecule has 1 aliphatic rings. The van der Waals surface area contributed by atoms with Crippen molar-refractivity contribution in [1.82, 2.24) is 5.32 Å². The molecule has 3 N–H and O–H groups in total. The van der Waals surface area contributed by atoms with Crippen molar-refractivity contribution in [3.63, 3.8) is 0 Å². The van der Waals surface area contributed by atoms with Gasteiger partial charge in [-0.3, -0.25) is 4.79 Å². The summed E-state index contributed by atoms with van der Waals surface area (Å²) in [4.78, 5) is 11.8. The lowest BCUT2D eigenvalue weighted by Gasteiger charge is -2.27. The molecule has 0 radical (unpaired) electrons. The van der Waals surface area contributed by atoms with E-state index in [-0.39, 0.29) is 12.5 Å². The zero-order valence-electron chi connectivity index (χ0n) is 11.4. The quantitative estimate of drug-likeness (QED) is 0.819. The summed E-state index contributed by atoms with van der Waals surface area (Å²) in [6.45, 7) is 2.26. The van der Waals surface area contributed by atoms with Crippen LogP contribution in [0.3, 0.4) is 0 Å². The van der Waals surface area contributed by atoms with Crippen molar-refractivity contribution >= 4 is 11.6 Å². The van der Waals surface area contributed by atoms with Crippen LogP contribution in [-0.4, -0.2) is 18.6 Å². The lowest BCUT2D eigenvalue weighted by atomic mass is 9.87. The second-order valence-corrected chi connectivity index (χ2v) is 5.36. The van der Waals surface area contributed by atoms with Gasteiger partial charge in [-0.1, -0.05) is 31.9 Å². The maximum absolute atomic E-state index is 11.8. The van der Waals surface area contributed by atoms with Crippen LogP contribution in [0.4, 0.5) is 5.69 Å². The first kappa shape index (κ1) is 13.7. The summed E-state index contributed by atoms with van der Waals surface area (Å²) in [5.41, 5.74) is 6.31.